The topological polar surface area (TPSA) is 92.4 Å². The Morgan fingerprint density at radius 1 is 1.69 bits per heavy atom. The highest BCUT2D eigenvalue weighted by molar-refractivity contribution is 6.41. The first-order valence-electron chi connectivity index (χ1n) is 4.45. The zero-order valence-corrected chi connectivity index (χ0v) is 9.10. The van der Waals surface area contributed by atoms with Crippen molar-refractivity contribution < 1.29 is 14.4 Å². The van der Waals surface area contributed by atoms with E-state index in [4.69, 9.17) is 5.21 Å². The normalized spacial score (nSPS) is 12.6. The summed E-state index contributed by atoms with van der Waals surface area (Å²) in [6.45, 7) is 3.09. The fourth-order valence-corrected chi connectivity index (χ4v) is 1.18. The van der Waals surface area contributed by atoms with Gasteiger partial charge in [-0.25, -0.2) is 4.68 Å². The van der Waals surface area contributed by atoms with Crippen LogP contribution in [0.2, 0.25) is 0 Å². The van der Waals surface area contributed by atoms with Crippen molar-refractivity contribution in [3.63, 3.8) is 0 Å². The lowest BCUT2D eigenvalue weighted by Crippen LogP contribution is -2.45. The molecule has 0 radical (unpaired) electrons. The Bertz CT molecular complexity index is 426. The second kappa shape index (κ2) is 4.25. The first kappa shape index (κ1) is 12.1. The van der Waals surface area contributed by atoms with E-state index < -0.39 is 17.5 Å². The summed E-state index contributed by atoms with van der Waals surface area (Å²) >= 11 is 0. The van der Waals surface area contributed by atoms with Gasteiger partial charge in [-0.1, -0.05) is 5.16 Å². The lowest BCUT2D eigenvalue weighted by molar-refractivity contribution is -0.115. The monoisotopic (exact) mass is 229 g/mol. The van der Waals surface area contributed by atoms with E-state index in [-0.39, 0.29) is 5.71 Å². The second-order valence-electron chi connectivity index (χ2n) is 3.54. The van der Waals surface area contributed by atoms with Crippen molar-refractivity contribution >= 4 is 11.6 Å². The van der Waals surface area contributed by atoms with Crippen LogP contribution in [0.3, 0.4) is 0 Å². The van der Waals surface area contributed by atoms with Crippen LogP contribution in [0, 0.1) is 6.08 Å². The molecule has 1 aromatic heterocycles. The molecule has 0 aliphatic carbocycles. The maximum atomic E-state index is 12.7. The zero-order valence-electron chi connectivity index (χ0n) is 9.10. The van der Waals surface area contributed by atoms with Gasteiger partial charge >= 0.3 is 6.08 Å². The predicted octanol–water partition coefficient (Wildman–Crippen LogP) is -0.272. The Balaban J connectivity index is 3.14. The van der Waals surface area contributed by atoms with E-state index in [1.54, 1.807) is 13.8 Å². The molecular weight excluding hydrogens is 217 g/mol. The van der Waals surface area contributed by atoms with E-state index in [1.165, 1.54) is 7.05 Å². The third-order valence-electron chi connectivity index (χ3n) is 2.16. The van der Waals surface area contributed by atoms with E-state index in [1.807, 2.05) is 0 Å². The maximum absolute atomic E-state index is 12.7. The van der Waals surface area contributed by atoms with Gasteiger partial charge in [0, 0.05) is 7.05 Å². The predicted molar refractivity (Wildman–Crippen MR) is 52.6 cm³/mol. The minimum absolute atomic E-state index is 0.195. The Hall–Kier alpha value is -1.99. The van der Waals surface area contributed by atoms with E-state index in [9.17, 15) is 9.18 Å². The Morgan fingerprint density at radius 3 is 2.69 bits per heavy atom. The smallest absolute Gasteiger partial charge is 0.327 e. The molecule has 1 amide bonds. The third-order valence-corrected chi connectivity index (χ3v) is 2.16. The van der Waals surface area contributed by atoms with E-state index in [2.05, 4.69) is 20.6 Å². The number of aromatic nitrogens is 3. The summed E-state index contributed by atoms with van der Waals surface area (Å²) in [7, 11) is 1.39. The molecule has 1 heterocycles. The van der Waals surface area contributed by atoms with Crippen LogP contribution in [0.25, 0.3) is 0 Å². The molecular formula is C8H12FN5O2. The summed E-state index contributed by atoms with van der Waals surface area (Å²) in [4.78, 5) is 14.7. The number of hydrogen-bond donors (Lipinski definition) is 2. The number of amides is 1. The molecule has 0 aliphatic rings. The summed E-state index contributed by atoms with van der Waals surface area (Å²) in [5, 5.41) is 17.5. The Labute approximate surface area is 91.0 Å². The van der Waals surface area contributed by atoms with Crippen LogP contribution in [-0.4, -0.2) is 38.6 Å². The van der Waals surface area contributed by atoms with Gasteiger partial charge in [-0.05, 0) is 13.8 Å². The molecule has 0 fully saturated rings. The van der Waals surface area contributed by atoms with Crippen molar-refractivity contribution in [3.05, 3.63) is 12.4 Å². The number of carbonyl (C=O) groups excluding carboxylic acids is 1. The van der Waals surface area contributed by atoms with Crippen LogP contribution in [0.15, 0.2) is 11.5 Å². The van der Waals surface area contributed by atoms with Crippen LogP contribution < -0.4 is 5.32 Å². The molecule has 0 spiro atoms. The van der Waals surface area contributed by atoms with Crippen molar-refractivity contribution in [1.29, 1.82) is 0 Å². The molecule has 88 valence electrons. The molecule has 16 heavy (non-hydrogen) atoms. The van der Waals surface area contributed by atoms with Gasteiger partial charge in [-0.3, -0.25) is 4.79 Å². The third kappa shape index (κ3) is 2.00. The number of nitrogens with zero attached hydrogens (tertiary/aromatic N) is 4. The highest BCUT2D eigenvalue weighted by Crippen LogP contribution is 2.16. The minimum Gasteiger partial charge on any atom is -0.410 e. The van der Waals surface area contributed by atoms with Crippen molar-refractivity contribution in [2.75, 3.05) is 7.05 Å². The molecule has 0 unspecified atom stereocenters. The molecule has 0 saturated carbocycles. The van der Waals surface area contributed by atoms with Crippen LogP contribution in [0.1, 0.15) is 13.8 Å². The fraction of sp³-hybridized carbons (Fsp3) is 0.500. The van der Waals surface area contributed by atoms with Gasteiger partial charge < -0.3 is 10.5 Å². The first-order chi connectivity index (χ1) is 7.43. The fourth-order valence-electron chi connectivity index (χ4n) is 1.18. The first-order valence-corrected chi connectivity index (χ1v) is 4.45. The molecule has 1 aromatic rings. The van der Waals surface area contributed by atoms with Gasteiger partial charge in [0.15, 0.2) is 5.71 Å². The number of halogens is 1. The van der Waals surface area contributed by atoms with Crippen LogP contribution in [0.5, 0.6) is 0 Å². The van der Waals surface area contributed by atoms with Crippen molar-refractivity contribution in [1.82, 2.24) is 20.1 Å². The van der Waals surface area contributed by atoms with Crippen LogP contribution >= 0.6 is 0 Å². The van der Waals surface area contributed by atoms with Gasteiger partial charge in [0.25, 0.3) is 5.91 Å². The Kier molecular flexibility index (Phi) is 3.21. The highest BCUT2D eigenvalue weighted by atomic mass is 19.1. The molecule has 0 saturated heterocycles. The average molecular weight is 229 g/mol. The van der Waals surface area contributed by atoms with Crippen LogP contribution in [-0.2, 0) is 10.3 Å². The minimum atomic E-state index is -1.10. The highest BCUT2D eigenvalue weighted by Gasteiger charge is 2.34. The van der Waals surface area contributed by atoms with Crippen molar-refractivity contribution in [3.8, 4) is 0 Å². The largest absolute Gasteiger partial charge is 0.410 e. The molecule has 0 aliphatic heterocycles. The molecule has 2 N–H and O–H groups in total. The standard InChI is InChI=1S/C8H12FN5O2/c1-8(2,5(13-16)6(15)10-3)14-4-11-7(9)12-14/h4,16H,1-3H3,(H,10,15). The molecule has 8 heteroatoms. The van der Waals surface area contributed by atoms with E-state index in [0.29, 0.717) is 0 Å². The number of carbonyl (C=O) groups is 1. The van der Waals surface area contributed by atoms with Gasteiger partial charge in [0.2, 0.25) is 0 Å². The quantitative estimate of drug-likeness (QED) is 0.424. The summed E-state index contributed by atoms with van der Waals surface area (Å²) in [6, 6.07) is 0. The summed E-state index contributed by atoms with van der Waals surface area (Å²) in [6.07, 6.45) is 0.200. The SMILES string of the molecule is CNC(=O)C(=NO)C(C)(C)n1cnc(F)n1. The number of oxime groups is 1. The van der Waals surface area contributed by atoms with Gasteiger partial charge in [-0.2, -0.15) is 9.37 Å². The lowest BCUT2D eigenvalue weighted by atomic mass is 9.98. The van der Waals surface area contributed by atoms with Gasteiger partial charge in [0.05, 0.1) is 0 Å². The molecule has 0 aromatic carbocycles. The van der Waals surface area contributed by atoms with Crippen LogP contribution in [0.4, 0.5) is 4.39 Å². The average Bonchev–Trinajstić information content (AvgIpc) is 2.65. The van der Waals surface area contributed by atoms with Crippen molar-refractivity contribution in [2.45, 2.75) is 19.4 Å². The maximum Gasteiger partial charge on any atom is 0.327 e. The van der Waals surface area contributed by atoms with E-state index in [0.717, 1.165) is 11.0 Å². The second-order valence-corrected chi connectivity index (χ2v) is 3.54. The molecule has 1 rings (SSSR count). The summed E-state index contributed by atoms with van der Waals surface area (Å²) < 4.78 is 13.8. The van der Waals surface area contributed by atoms with E-state index >= 15 is 0 Å². The number of hydrogen-bond acceptors (Lipinski definition) is 5. The van der Waals surface area contributed by atoms with Gasteiger partial charge in [-0.15, -0.1) is 5.10 Å². The molecule has 0 bridgehead atoms. The number of nitrogens with one attached hydrogen (secondary N) is 1. The van der Waals surface area contributed by atoms with Crippen molar-refractivity contribution in [2.24, 2.45) is 5.16 Å². The summed E-state index contributed by atoms with van der Waals surface area (Å²) in [5.74, 6) is -0.580. The molecule has 0 atom stereocenters. The zero-order chi connectivity index (χ0) is 12.3. The number of rotatable bonds is 3. The lowest BCUT2D eigenvalue weighted by Gasteiger charge is -2.24. The molecule has 7 nitrogen and oxygen atoms in total. The van der Waals surface area contributed by atoms with Gasteiger partial charge in [0.1, 0.15) is 11.9 Å². The Morgan fingerprint density at radius 2 is 2.31 bits per heavy atom. The summed E-state index contributed by atoms with van der Waals surface area (Å²) in [5.41, 5.74) is -1.30.